The van der Waals surface area contributed by atoms with Crippen molar-refractivity contribution in [3.8, 4) is 11.5 Å². The van der Waals surface area contributed by atoms with E-state index in [9.17, 15) is 18.8 Å². The zero-order valence-electron chi connectivity index (χ0n) is 17.2. The summed E-state index contributed by atoms with van der Waals surface area (Å²) < 4.78 is 24.1. The number of para-hydroxylation sites is 1. The first kappa shape index (κ1) is 22.5. The van der Waals surface area contributed by atoms with Crippen molar-refractivity contribution in [3.63, 3.8) is 0 Å². The van der Waals surface area contributed by atoms with Gasteiger partial charge in [-0.05, 0) is 43.3 Å². The molecule has 3 rings (SSSR count). The standard InChI is InChI=1S/C24H21FN2O5/c1-16(24(30)27-26-22(28)15-31-21-10-6-5-9-20(21)25)32-19-13-11-18(12-14-19)23(29)17-7-3-2-4-8-17/h2-14,16H,15H2,1H3,(H,26,28)(H,27,30). The molecular formula is C24H21FN2O5. The van der Waals surface area contributed by atoms with Gasteiger partial charge in [-0.2, -0.15) is 0 Å². The number of ketones is 1. The molecule has 3 aromatic carbocycles. The predicted octanol–water partition coefficient (Wildman–Crippen LogP) is 3.05. The van der Waals surface area contributed by atoms with E-state index in [0.717, 1.165) is 0 Å². The van der Waals surface area contributed by atoms with Crippen molar-refractivity contribution in [1.82, 2.24) is 10.9 Å². The van der Waals surface area contributed by atoms with Crippen molar-refractivity contribution in [3.05, 3.63) is 95.8 Å². The zero-order chi connectivity index (χ0) is 22.9. The first-order valence-corrected chi connectivity index (χ1v) is 9.76. The molecule has 2 N–H and O–H groups in total. The number of amides is 2. The minimum absolute atomic E-state index is 0.0696. The monoisotopic (exact) mass is 436 g/mol. The number of hydrogen-bond donors (Lipinski definition) is 2. The molecule has 0 saturated heterocycles. The molecule has 3 aromatic rings. The van der Waals surface area contributed by atoms with E-state index in [1.165, 1.54) is 25.1 Å². The Labute approximate surface area is 184 Å². The van der Waals surface area contributed by atoms with Gasteiger partial charge in [0, 0.05) is 11.1 Å². The lowest BCUT2D eigenvalue weighted by molar-refractivity contribution is -0.133. The average molecular weight is 436 g/mol. The molecule has 0 bridgehead atoms. The fraction of sp³-hybridized carbons (Fsp3) is 0.125. The van der Waals surface area contributed by atoms with E-state index in [4.69, 9.17) is 9.47 Å². The van der Waals surface area contributed by atoms with Crippen LogP contribution in [0.15, 0.2) is 78.9 Å². The van der Waals surface area contributed by atoms with Gasteiger partial charge in [-0.15, -0.1) is 0 Å². The normalized spacial score (nSPS) is 11.2. The Bertz CT molecular complexity index is 1090. The van der Waals surface area contributed by atoms with Crippen LogP contribution in [0, 0.1) is 5.82 Å². The molecule has 0 spiro atoms. The summed E-state index contributed by atoms with van der Waals surface area (Å²) in [6.07, 6.45) is -0.932. The Hall–Kier alpha value is -4.20. The maximum atomic E-state index is 13.5. The van der Waals surface area contributed by atoms with E-state index in [1.807, 2.05) is 6.07 Å². The highest BCUT2D eigenvalue weighted by molar-refractivity contribution is 6.09. The summed E-state index contributed by atoms with van der Waals surface area (Å²) in [4.78, 5) is 36.3. The van der Waals surface area contributed by atoms with Gasteiger partial charge in [-0.1, -0.05) is 42.5 Å². The van der Waals surface area contributed by atoms with Gasteiger partial charge in [0.25, 0.3) is 11.8 Å². The van der Waals surface area contributed by atoms with Crippen LogP contribution in [0.5, 0.6) is 11.5 Å². The number of ether oxygens (including phenoxy) is 2. The minimum Gasteiger partial charge on any atom is -0.481 e. The summed E-state index contributed by atoms with van der Waals surface area (Å²) >= 11 is 0. The highest BCUT2D eigenvalue weighted by atomic mass is 19.1. The van der Waals surface area contributed by atoms with Crippen LogP contribution in [-0.2, 0) is 9.59 Å². The molecule has 32 heavy (non-hydrogen) atoms. The van der Waals surface area contributed by atoms with Crippen molar-refractivity contribution in [2.24, 2.45) is 0 Å². The summed E-state index contributed by atoms with van der Waals surface area (Å²) in [5.74, 6) is -1.68. The molecule has 164 valence electrons. The summed E-state index contributed by atoms with van der Waals surface area (Å²) in [5.41, 5.74) is 5.45. The molecule has 0 aliphatic carbocycles. The summed E-state index contributed by atoms with van der Waals surface area (Å²) in [5, 5.41) is 0. The second-order valence-electron chi connectivity index (χ2n) is 6.74. The number of rotatable bonds is 8. The molecule has 1 atom stereocenters. The van der Waals surface area contributed by atoms with Crippen LogP contribution >= 0.6 is 0 Å². The van der Waals surface area contributed by atoms with Crippen LogP contribution in [0.25, 0.3) is 0 Å². The number of benzene rings is 3. The number of carbonyl (C=O) groups excluding carboxylic acids is 3. The molecule has 8 heteroatoms. The van der Waals surface area contributed by atoms with Gasteiger partial charge >= 0.3 is 0 Å². The molecule has 0 saturated carbocycles. The summed E-state index contributed by atoms with van der Waals surface area (Å²) in [6.45, 7) is 1.02. The first-order valence-electron chi connectivity index (χ1n) is 9.76. The fourth-order valence-corrected chi connectivity index (χ4v) is 2.67. The Morgan fingerprint density at radius 3 is 2.16 bits per heavy atom. The second kappa shape index (κ2) is 10.7. The smallest absolute Gasteiger partial charge is 0.279 e. The van der Waals surface area contributed by atoms with Crippen LogP contribution in [-0.4, -0.2) is 30.3 Å². The van der Waals surface area contributed by atoms with Crippen LogP contribution in [0.1, 0.15) is 22.8 Å². The number of hydrogen-bond acceptors (Lipinski definition) is 5. The van der Waals surface area contributed by atoms with Crippen LogP contribution < -0.4 is 20.3 Å². The van der Waals surface area contributed by atoms with Gasteiger partial charge in [-0.3, -0.25) is 25.2 Å². The summed E-state index contributed by atoms with van der Waals surface area (Å²) in [6, 6.07) is 20.9. The third kappa shape index (κ3) is 6.15. The molecule has 7 nitrogen and oxygen atoms in total. The quantitative estimate of drug-likeness (QED) is 0.418. The van der Waals surface area contributed by atoms with Gasteiger partial charge < -0.3 is 9.47 Å². The van der Waals surface area contributed by atoms with E-state index in [0.29, 0.717) is 16.9 Å². The van der Waals surface area contributed by atoms with Gasteiger partial charge in [0.15, 0.2) is 30.1 Å². The molecule has 2 amide bonds. The second-order valence-corrected chi connectivity index (χ2v) is 6.74. The third-order valence-electron chi connectivity index (χ3n) is 4.36. The highest BCUT2D eigenvalue weighted by Gasteiger charge is 2.16. The Morgan fingerprint density at radius 2 is 1.47 bits per heavy atom. The lowest BCUT2D eigenvalue weighted by Gasteiger charge is -2.15. The number of hydrazine groups is 1. The van der Waals surface area contributed by atoms with Crippen molar-refractivity contribution in [1.29, 1.82) is 0 Å². The molecule has 0 fully saturated rings. The third-order valence-corrected chi connectivity index (χ3v) is 4.36. The number of nitrogens with one attached hydrogen (secondary N) is 2. The maximum absolute atomic E-state index is 13.5. The zero-order valence-corrected chi connectivity index (χ0v) is 17.2. The summed E-state index contributed by atoms with van der Waals surface area (Å²) in [7, 11) is 0. The molecule has 1 unspecified atom stereocenters. The SMILES string of the molecule is CC(Oc1ccc(C(=O)c2ccccc2)cc1)C(=O)NNC(=O)COc1ccccc1F. The fourth-order valence-electron chi connectivity index (χ4n) is 2.67. The van der Waals surface area contributed by atoms with Gasteiger partial charge in [0.05, 0.1) is 0 Å². The van der Waals surface area contributed by atoms with Crippen LogP contribution in [0.2, 0.25) is 0 Å². The van der Waals surface area contributed by atoms with Crippen LogP contribution in [0.4, 0.5) is 4.39 Å². The lowest BCUT2D eigenvalue weighted by Crippen LogP contribution is -2.48. The van der Waals surface area contributed by atoms with E-state index in [-0.39, 0.29) is 11.5 Å². The van der Waals surface area contributed by atoms with Crippen molar-refractivity contribution >= 4 is 17.6 Å². The molecule has 0 heterocycles. The van der Waals surface area contributed by atoms with E-state index in [2.05, 4.69) is 10.9 Å². The topological polar surface area (TPSA) is 93.7 Å². The molecule has 0 aliphatic rings. The van der Waals surface area contributed by atoms with E-state index < -0.39 is 30.3 Å². The molecular weight excluding hydrogens is 415 g/mol. The molecule has 0 radical (unpaired) electrons. The van der Waals surface area contributed by atoms with Crippen molar-refractivity contribution < 1.29 is 28.2 Å². The van der Waals surface area contributed by atoms with Gasteiger partial charge in [0.2, 0.25) is 0 Å². The maximum Gasteiger partial charge on any atom is 0.279 e. The minimum atomic E-state index is -0.932. The lowest BCUT2D eigenvalue weighted by atomic mass is 10.0. The first-order chi connectivity index (χ1) is 15.4. The van der Waals surface area contributed by atoms with Crippen molar-refractivity contribution in [2.45, 2.75) is 13.0 Å². The average Bonchev–Trinajstić information content (AvgIpc) is 2.82. The van der Waals surface area contributed by atoms with Gasteiger partial charge in [-0.25, -0.2) is 4.39 Å². The predicted molar refractivity (Wildman–Crippen MR) is 115 cm³/mol. The Kier molecular flexibility index (Phi) is 7.53. The Balaban J connectivity index is 1.45. The van der Waals surface area contributed by atoms with Gasteiger partial charge in [0.1, 0.15) is 5.75 Å². The number of carbonyl (C=O) groups is 3. The van der Waals surface area contributed by atoms with E-state index in [1.54, 1.807) is 54.6 Å². The van der Waals surface area contributed by atoms with E-state index >= 15 is 0 Å². The highest BCUT2D eigenvalue weighted by Crippen LogP contribution is 2.17. The largest absolute Gasteiger partial charge is 0.481 e. The van der Waals surface area contributed by atoms with Crippen molar-refractivity contribution in [2.75, 3.05) is 6.61 Å². The molecule has 0 aromatic heterocycles. The molecule has 0 aliphatic heterocycles. The Morgan fingerprint density at radius 1 is 0.844 bits per heavy atom. The van der Waals surface area contributed by atoms with Crippen LogP contribution in [0.3, 0.4) is 0 Å². The number of halogens is 1.